The number of benzene rings is 2. The lowest BCUT2D eigenvalue weighted by Gasteiger charge is -2.36. The topological polar surface area (TPSA) is 0 Å². The summed E-state index contributed by atoms with van der Waals surface area (Å²) in [7, 11) is -2.08. The number of hydrogen-bond acceptors (Lipinski definition) is 0. The van der Waals surface area contributed by atoms with Crippen LogP contribution in [-0.4, -0.2) is 8.07 Å². The first-order chi connectivity index (χ1) is 12.6. The Hall–Kier alpha value is -1.86. The zero-order chi connectivity index (χ0) is 20.1. The molecular weight excluding hydrogens is 340 g/mol. The van der Waals surface area contributed by atoms with E-state index < -0.39 is 8.07 Å². The molecule has 1 heteroatoms. The molecular formula is C26H34Si. The van der Waals surface area contributed by atoms with E-state index in [2.05, 4.69) is 98.3 Å². The zero-order valence-electron chi connectivity index (χ0n) is 18.5. The van der Waals surface area contributed by atoms with Crippen LogP contribution in [0.1, 0.15) is 49.9 Å². The van der Waals surface area contributed by atoms with Crippen molar-refractivity contribution in [2.75, 3.05) is 0 Å². The van der Waals surface area contributed by atoms with Crippen LogP contribution in [-0.2, 0) is 0 Å². The van der Waals surface area contributed by atoms with Crippen molar-refractivity contribution in [2.24, 2.45) is 5.92 Å². The fourth-order valence-corrected chi connectivity index (χ4v) is 10.5. The van der Waals surface area contributed by atoms with Gasteiger partial charge in [-0.1, -0.05) is 88.5 Å². The van der Waals surface area contributed by atoms with Gasteiger partial charge < -0.3 is 0 Å². The molecule has 2 aromatic rings. The number of aryl methyl sites for hydroxylation is 4. The normalized spacial score (nSPS) is 19.7. The molecule has 0 aliphatic heterocycles. The Labute approximate surface area is 167 Å². The molecule has 0 N–H and O–H groups in total. The Balaban J connectivity index is 2.40. The quantitative estimate of drug-likeness (QED) is 0.582. The summed E-state index contributed by atoms with van der Waals surface area (Å²) < 4.78 is 0. The van der Waals surface area contributed by atoms with Crippen LogP contribution in [0.5, 0.6) is 0 Å². The van der Waals surface area contributed by atoms with E-state index in [0.717, 1.165) is 0 Å². The molecule has 0 bridgehead atoms. The van der Waals surface area contributed by atoms with Crippen LogP contribution < -0.4 is 10.4 Å². The second-order valence-corrected chi connectivity index (χ2v) is 12.8. The SMILES string of the molecule is CC1=C(C)C(C)C([Si](C)(c2cc(C)cc(C)c2)c2cc(C)ccc2C)=C1C. The van der Waals surface area contributed by atoms with E-state index in [9.17, 15) is 0 Å². The standard InChI is InChI=1S/C26H34Si/c1-16-10-11-19(4)25(15-16)27(9,24-13-17(2)12-18(3)14-24)26-22(7)20(5)21(6)23(26)8/h10-15,22H,1-9H3. The molecule has 3 rings (SSSR count). The van der Waals surface area contributed by atoms with Crippen molar-refractivity contribution in [1.29, 1.82) is 0 Å². The maximum Gasteiger partial charge on any atom is 0.142 e. The molecule has 0 radical (unpaired) electrons. The van der Waals surface area contributed by atoms with E-state index in [1.165, 1.54) is 33.4 Å². The zero-order valence-corrected chi connectivity index (χ0v) is 19.5. The summed E-state index contributed by atoms with van der Waals surface area (Å²) in [6.45, 7) is 21.0. The van der Waals surface area contributed by atoms with Gasteiger partial charge in [0.25, 0.3) is 0 Å². The van der Waals surface area contributed by atoms with E-state index in [1.54, 1.807) is 21.1 Å². The maximum atomic E-state index is 2.59. The van der Waals surface area contributed by atoms with E-state index in [-0.39, 0.29) is 0 Å². The van der Waals surface area contributed by atoms with Crippen LogP contribution >= 0.6 is 0 Å². The molecule has 2 unspecified atom stereocenters. The monoisotopic (exact) mass is 374 g/mol. The van der Waals surface area contributed by atoms with Gasteiger partial charge in [-0.05, 0) is 70.3 Å². The third-order valence-electron chi connectivity index (χ3n) is 6.91. The van der Waals surface area contributed by atoms with Crippen molar-refractivity contribution in [3.05, 3.63) is 80.6 Å². The molecule has 0 spiro atoms. The average Bonchev–Trinajstić information content (AvgIpc) is 2.79. The van der Waals surface area contributed by atoms with Gasteiger partial charge in [0.2, 0.25) is 0 Å². The largest absolute Gasteiger partial charge is 0.142 e. The van der Waals surface area contributed by atoms with Gasteiger partial charge in [-0.3, -0.25) is 0 Å². The van der Waals surface area contributed by atoms with Gasteiger partial charge in [0, 0.05) is 0 Å². The van der Waals surface area contributed by atoms with Gasteiger partial charge >= 0.3 is 0 Å². The predicted molar refractivity (Wildman–Crippen MR) is 123 cm³/mol. The fraction of sp³-hybridized carbons (Fsp3) is 0.385. The molecule has 0 saturated carbocycles. The molecule has 2 atom stereocenters. The molecule has 0 aromatic heterocycles. The summed E-state index contributed by atoms with van der Waals surface area (Å²) in [5, 5.41) is 4.84. The van der Waals surface area contributed by atoms with E-state index in [1.807, 2.05) is 0 Å². The molecule has 1 aliphatic carbocycles. The van der Waals surface area contributed by atoms with E-state index in [4.69, 9.17) is 0 Å². The molecule has 0 fully saturated rings. The predicted octanol–water partition coefficient (Wildman–Crippen LogP) is 5.95. The van der Waals surface area contributed by atoms with Crippen LogP contribution in [0.15, 0.2) is 58.3 Å². The highest BCUT2D eigenvalue weighted by molar-refractivity contribution is 7.07. The van der Waals surface area contributed by atoms with Crippen molar-refractivity contribution in [3.8, 4) is 0 Å². The Bertz CT molecular complexity index is 953. The lowest BCUT2D eigenvalue weighted by Crippen LogP contribution is -2.60. The highest BCUT2D eigenvalue weighted by Gasteiger charge is 2.43. The molecule has 0 amide bonds. The second kappa shape index (κ2) is 6.94. The number of hydrogen-bond donors (Lipinski definition) is 0. The number of allylic oxidation sites excluding steroid dienone is 4. The maximum absolute atomic E-state index is 2.59. The van der Waals surface area contributed by atoms with E-state index >= 15 is 0 Å². The van der Waals surface area contributed by atoms with Gasteiger partial charge in [0.1, 0.15) is 8.07 Å². The van der Waals surface area contributed by atoms with Gasteiger partial charge in [-0.2, -0.15) is 0 Å². The number of rotatable bonds is 3. The smallest absolute Gasteiger partial charge is 0.0636 e. The van der Waals surface area contributed by atoms with Gasteiger partial charge in [0.05, 0.1) is 0 Å². The minimum absolute atomic E-state index is 0.530. The van der Waals surface area contributed by atoms with Crippen molar-refractivity contribution in [3.63, 3.8) is 0 Å². The molecule has 2 aromatic carbocycles. The molecule has 0 nitrogen and oxygen atoms in total. The summed E-state index contributed by atoms with van der Waals surface area (Å²) in [5.74, 6) is 0.530. The van der Waals surface area contributed by atoms with Crippen LogP contribution in [0.25, 0.3) is 0 Å². The highest BCUT2D eigenvalue weighted by atomic mass is 28.3. The second-order valence-electron chi connectivity index (χ2n) is 8.89. The third-order valence-corrected chi connectivity index (χ3v) is 11.9. The molecule has 0 heterocycles. The summed E-state index contributed by atoms with van der Waals surface area (Å²) in [5.41, 5.74) is 10.1. The van der Waals surface area contributed by atoms with Crippen LogP contribution in [0.3, 0.4) is 0 Å². The highest BCUT2D eigenvalue weighted by Crippen LogP contribution is 2.41. The molecule has 142 valence electrons. The van der Waals surface area contributed by atoms with Crippen molar-refractivity contribution in [1.82, 2.24) is 0 Å². The first-order valence-electron chi connectivity index (χ1n) is 10.1. The lowest BCUT2D eigenvalue weighted by atomic mass is 10.1. The Morgan fingerprint density at radius 3 is 1.81 bits per heavy atom. The van der Waals surface area contributed by atoms with Crippen LogP contribution in [0.2, 0.25) is 6.55 Å². The van der Waals surface area contributed by atoms with Crippen LogP contribution in [0.4, 0.5) is 0 Å². The Morgan fingerprint density at radius 1 is 0.704 bits per heavy atom. The third kappa shape index (κ3) is 3.16. The van der Waals surface area contributed by atoms with Crippen molar-refractivity contribution < 1.29 is 0 Å². The molecule has 1 aliphatic rings. The Morgan fingerprint density at radius 2 is 1.30 bits per heavy atom. The van der Waals surface area contributed by atoms with Crippen LogP contribution in [0, 0.1) is 33.6 Å². The van der Waals surface area contributed by atoms with Gasteiger partial charge in [0.15, 0.2) is 0 Å². The first-order valence-corrected chi connectivity index (χ1v) is 12.6. The lowest BCUT2D eigenvalue weighted by molar-refractivity contribution is 0.850. The van der Waals surface area contributed by atoms with Crippen molar-refractivity contribution in [2.45, 2.75) is 61.9 Å². The fourth-order valence-electron chi connectivity index (χ4n) is 5.17. The summed E-state index contributed by atoms with van der Waals surface area (Å²) in [6.07, 6.45) is 0. The summed E-state index contributed by atoms with van der Waals surface area (Å²) in [6, 6.07) is 14.3. The van der Waals surface area contributed by atoms with Gasteiger partial charge in [-0.15, -0.1) is 0 Å². The van der Waals surface area contributed by atoms with Gasteiger partial charge in [-0.25, -0.2) is 0 Å². The summed E-state index contributed by atoms with van der Waals surface area (Å²) >= 11 is 0. The van der Waals surface area contributed by atoms with E-state index in [0.29, 0.717) is 5.92 Å². The van der Waals surface area contributed by atoms with Crippen molar-refractivity contribution >= 4 is 18.4 Å². The summed E-state index contributed by atoms with van der Waals surface area (Å²) in [4.78, 5) is 0. The molecule has 0 saturated heterocycles. The average molecular weight is 375 g/mol. The minimum atomic E-state index is -2.08. The minimum Gasteiger partial charge on any atom is -0.0636 e. The Kier molecular flexibility index (Phi) is 5.11. The first kappa shape index (κ1) is 19.9. The molecule has 27 heavy (non-hydrogen) atoms.